The van der Waals surface area contributed by atoms with Crippen LogP contribution in [0.3, 0.4) is 0 Å². The van der Waals surface area contributed by atoms with E-state index in [-0.39, 0.29) is 12.1 Å². The quantitative estimate of drug-likeness (QED) is 0.755. The van der Waals surface area contributed by atoms with Gasteiger partial charge < -0.3 is 5.32 Å². The number of fused-ring (bicyclic) bond motifs is 1. The van der Waals surface area contributed by atoms with E-state index >= 15 is 0 Å². The smallest absolute Gasteiger partial charge is 0.324 e. The van der Waals surface area contributed by atoms with Gasteiger partial charge in [0.2, 0.25) is 5.91 Å². The van der Waals surface area contributed by atoms with Crippen molar-refractivity contribution >= 4 is 56.3 Å². The number of carbonyl (C=O) groups excluding carboxylic acids is 1. The Labute approximate surface area is 149 Å². The van der Waals surface area contributed by atoms with E-state index in [4.69, 9.17) is 23.2 Å². The Morgan fingerprint density at radius 1 is 1.21 bits per heavy atom. The fourth-order valence-electron chi connectivity index (χ4n) is 2.32. The van der Waals surface area contributed by atoms with Crippen LogP contribution in [-0.4, -0.2) is 15.0 Å². The molecule has 9 heteroatoms. The number of anilines is 1. The Morgan fingerprint density at radius 3 is 2.54 bits per heavy atom. The Balaban J connectivity index is 1.95. The molecule has 0 aliphatic rings. The van der Waals surface area contributed by atoms with Crippen LogP contribution in [0.1, 0.15) is 0 Å². The molecule has 3 rings (SSSR count). The predicted octanol–water partition coefficient (Wildman–Crippen LogP) is 2.71. The van der Waals surface area contributed by atoms with E-state index < -0.39 is 11.6 Å². The molecule has 1 aromatic carbocycles. The Hall–Kier alpha value is -2.09. The van der Waals surface area contributed by atoms with Gasteiger partial charge in [0.25, 0.3) is 5.56 Å². The molecule has 0 bridgehead atoms. The van der Waals surface area contributed by atoms with Gasteiger partial charge in [0.1, 0.15) is 11.2 Å². The van der Waals surface area contributed by atoms with Crippen LogP contribution in [0.2, 0.25) is 10.0 Å². The summed E-state index contributed by atoms with van der Waals surface area (Å²) in [5.41, 5.74) is -0.0576. The zero-order valence-electron chi connectivity index (χ0n) is 12.4. The van der Waals surface area contributed by atoms with Gasteiger partial charge in [-0.3, -0.25) is 18.7 Å². The van der Waals surface area contributed by atoms with E-state index in [1.165, 1.54) is 23.0 Å². The van der Waals surface area contributed by atoms with Crippen LogP contribution in [-0.2, 0) is 18.4 Å². The lowest BCUT2D eigenvalue weighted by Gasteiger charge is -2.10. The lowest BCUT2D eigenvalue weighted by molar-refractivity contribution is -0.116. The van der Waals surface area contributed by atoms with Gasteiger partial charge in [-0.1, -0.05) is 23.2 Å². The van der Waals surface area contributed by atoms with E-state index in [2.05, 4.69) is 5.32 Å². The first-order chi connectivity index (χ1) is 11.4. The predicted molar refractivity (Wildman–Crippen MR) is 96.4 cm³/mol. The molecule has 0 aliphatic carbocycles. The summed E-state index contributed by atoms with van der Waals surface area (Å²) < 4.78 is 2.67. The Kier molecular flexibility index (Phi) is 4.49. The van der Waals surface area contributed by atoms with Crippen LogP contribution < -0.4 is 16.6 Å². The number of rotatable bonds is 3. The zero-order valence-corrected chi connectivity index (χ0v) is 14.7. The molecule has 1 N–H and O–H groups in total. The standard InChI is InChI=1S/C15H11Cl2N3O3S/c1-19-14(22)13-11(2-3-24-13)20(15(19)23)7-12(21)18-10-5-8(16)4-9(17)6-10/h2-6H,7H2,1H3,(H,18,21). The SMILES string of the molecule is Cn1c(=O)c2sccc2n(CC(=O)Nc2cc(Cl)cc(Cl)c2)c1=O. The number of nitrogens with zero attached hydrogens (tertiary/aromatic N) is 2. The summed E-state index contributed by atoms with van der Waals surface area (Å²) in [7, 11) is 1.38. The number of hydrogen-bond donors (Lipinski definition) is 1. The van der Waals surface area contributed by atoms with Crippen LogP contribution in [0.5, 0.6) is 0 Å². The maximum atomic E-state index is 12.3. The zero-order chi connectivity index (χ0) is 17.4. The van der Waals surface area contributed by atoms with E-state index in [9.17, 15) is 14.4 Å². The number of amides is 1. The van der Waals surface area contributed by atoms with Crippen molar-refractivity contribution in [3.63, 3.8) is 0 Å². The molecule has 0 saturated carbocycles. The van der Waals surface area contributed by atoms with Gasteiger partial charge in [-0.05, 0) is 29.6 Å². The normalized spacial score (nSPS) is 11.0. The van der Waals surface area contributed by atoms with Crippen LogP contribution in [0.15, 0.2) is 39.2 Å². The highest BCUT2D eigenvalue weighted by Crippen LogP contribution is 2.22. The van der Waals surface area contributed by atoms with Gasteiger partial charge >= 0.3 is 5.69 Å². The summed E-state index contributed by atoms with van der Waals surface area (Å²) in [4.78, 5) is 36.6. The highest BCUT2D eigenvalue weighted by molar-refractivity contribution is 7.17. The number of nitrogens with one attached hydrogen (secondary N) is 1. The van der Waals surface area contributed by atoms with Crippen LogP contribution >= 0.6 is 34.5 Å². The molecule has 0 fully saturated rings. The summed E-state index contributed by atoms with van der Waals surface area (Å²) in [5, 5.41) is 5.12. The van der Waals surface area contributed by atoms with Crippen LogP contribution in [0.4, 0.5) is 5.69 Å². The fourth-order valence-corrected chi connectivity index (χ4v) is 3.72. The van der Waals surface area contributed by atoms with Crippen molar-refractivity contribution in [2.45, 2.75) is 6.54 Å². The first-order valence-electron chi connectivity index (χ1n) is 6.80. The van der Waals surface area contributed by atoms with Gasteiger partial charge in [0.05, 0.1) is 5.52 Å². The third kappa shape index (κ3) is 3.10. The Morgan fingerprint density at radius 2 is 1.88 bits per heavy atom. The van der Waals surface area contributed by atoms with Gasteiger partial charge in [-0.2, -0.15) is 0 Å². The van der Waals surface area contributed by atoms with Crippen molar-refractivity contribution in [1.29, 1.82) is 0 Å². The second-order valence-corrected chi connectivity index (χ2v) is 6.86. The number of aromatic nitrogens is 2. The fraction of sp³-hybridized carbons (Fsp3) is 0.133. The molecule has 6 nitrogen and oxygen atoms in total. The van der Waals surface area contributed by atoms with Crippen LogP contribution in [0, 0.1) is 0 Å². The molecule has 0 unspecified atom stereocenters. The molecule has 2 heterocycles. The highest BCUT2D eigenvalue weighted by atomic mass is 35.5. The molecule has 124 valence electrons. The molecule has 0 radical (unpaired) electrons. The lowest BCUT2D eigenvalue weighted by Crippen LogP contribution is -2.39. The third-order valence-electron chi connectivity index (χ3n) is 3.40. The van der Waals surface area contributed by atoms with Crippen molar-refractivity contribution in [1.82, 2.24) is 9.13 Å². The number of carbonyl (C=O) groups is 1. The summed E-state index contributed by atoms with van der Waals surface area (Å²) in [5.74, 6) is -0.429. The van der Waals surface area contributed by atoms with Crippen LogP contribution in [0.25, 0.3) is 10.2 Å². The average Bonchev–Trinajstić information content (AvgIpc) is 2.98. The molecular formula is C15H11Cl2N3O3S. The Bertz CT molecular complexity index is 1050. The molecule has 1 amide bonds. The monoisotopic (exact) mass is 383 g/mol. The molecule has 0 spiro atoms. The largest absolute Gasteiger partial charge is 0.331 e. The first-order valence-corrected chi connectivity index (χ1v) is 8.43. The minimum atomic E-state index is -0.551. The van der Waals surface area contributed by atoms with Crippen molar-refractivity contribution in [2.75, 3.05) is 5.32 Å². The summed E-state index contributed by atoms with van der Waals surface area (Å²) in [6.07, 6.45) is 0. The molecule has 24 heavy (non-hydrogen) atoms. The number of benzene rings is 1. The molecular weight excluding hydrogens is 373 g/mol. The topological polar surface area (TPSA) is 73.1 Å². The summed E-state index contributed by atoms with van der Waals surface area (Å²) >= 11 is 13.0. The lowest BCUT2D eigenvalue weighted by atomic mass is 10.3. The minimum Gasteiger partial charge on any atom is -0.324 e. The van der Waals surface area contributed by atoms with E-state index in [1.54, 1.807) is 29.6 Å². The van der Waals surface area contributed by atoms with Crippen molar-refractivity contribution in [3.8, 4) is 0 Å². The van der Waals surface area contributed by atoms with Gasteiger partial charge in [-0.25, -0.2) is 4.79 Å². The van der Waals surface area contributed by atoms with E-state index in [0.717, 1.165) is 4.57 Å². The average molecular weight is 384 g/mol. The molecule has 0 aliphatic heterocycles. The molecule has 3 aromatic rings. The maximum absolute atomic E-state index is 12.3. The highest BCUT2D eigenvalue weighted by Gasteiger charge is 2.14. The number of thiophene rings is 1. The molecule has 0 saturated heterocycles. The van der Waals surface area contributed by atoms with Gasteiger partial charge in [0.15, 0.2) is 0 Å². The third-order valence-corrected chi connectivity index (χ3v) is 4.73. The minimum absolute atomic E-state index is 0.232. The maximum Gasteiger partial charge on any atom is 0.331 e. The van der Waals surface area contributed by atoms with Crippen molar-refractivity contribution in [3.05, 3.63) is 60.5 Å². The summed E-state index contributed by atoms with van der Waals surface area (Å²) in [6, 6.07) is 6.29. The van der Waals surface area contributed by atoms with E-state index in [1.807, 2.05) is 0 Å². The second kappa shape index (κ2) is 6.43. The second-order valence-electron chi connectivity index (χ2n) is 5.07. The summed E-state index contributed by atoms with van der Waals surface area (Å²) in [6.45, 7) is -0.232. The van der Waals surface area contributed by atoms with Crippen molar-refractivity contribution < 1.29 is 4.79 Å². The van der Waals surface area contributed by atoms with Gasteiger partial charge in [0, 0.05) is 22.8 Å². The molecule has 0 atom stereocenters. The number of hydrogen-bond acceptors (Lipinski definition) is 4. The molecule has 2 aromatic heterocycles. The van der Waals surface area contributed by atoms with Crippen molar-refractivity contribution in [2.24, 2.45) is 7.05 Å². The number of halogens is 2. The first kappa shape index (κ1) is 16.8. The van der Waals surface area contributed by atoms with Gasteiger partial charge in [-0.15, -0.1) is 11.3 Å². The van der Waals surface area contributed by atoms with E-state index in [0.29, 0.717) is 25.9 Å².